The molecule has 2 amide bonds. The fourth-order valence-electron chi connectivity index (χ4n) is 2.68. The third kappa shape index (κ3) is 4.72. The minimum atomic E-state index is -0.288. The van der Waals surface area contributed by atoms with Gasteiger partial charge in [0.2, 0.25) is 11.8 Å². The van der Waals surface area contributed by atoms with Crippen LogP contribution in [-0.2, 0) is 9.59 Å². The van der Waals surface area contributed by atoms with Crippen LogP contribution in [-0.4, -0.2) is 11.8 Å². The Labute approximate surface area is 166 Å². The van der Waals surface area contributed by atoms with Crippen LogP contribution in [0.3, 0.4) is 0 Å². The largest absolute Gasteiger partial charge is 0.326 e. The predicted molar refractivity (Wildman–Crippen MR) is 113 cm³/mol. The molecule has 0 unspecified atom stereocenters. The van der Waals surface area contributed by atoms with Crippen molar-refractivity contribution in [3.05, 3.63) is 76.9 Å². The van der Waals surface area contributed by atoms with Crippen LogP contribution in [0, 0.1) is 12.7 Å². The average Bonchev–Trinajstić information content (AvgIpc) is 3.12. The van der Waals surface area contributed by atoms with Crippen molar-refractivity contribution in [3.63, 3.8) is 0 Å². The highest BCUT2D eigenvalue weighted by Gasteiger charge is 2.08. The second-order valence-corrected chi connectivity index (χ2v) is 7.28. The Balaban J connectivity index is 1.70. The number of rotatable bonds is 5. The fraction of sp³-hybridized carbons (Fsp3) is 0.0909. The number of benzene rings is 2. The molecule has 4 nitrogen and oxygen atoms in total. The van der Waals surface area contributed by atoms with Crippen LogP contribution >= 0.6 is 11.3 Å². The van der Waals surface area contributed by atoms with Crippen molar-refractivity contribution in [2.24, 2.45) is 0 Å². The lowest BCUT2D eigenvalue weighted by Crippen LogP contribution is -2.11. The van der Waals surface area contributed by atoms with Crippen LogP contribution in [0.25, 0.3) is 16.5 Å². The molecule has 0 bridgehead atoms. The van der Waals surface area contributed by atoms with Crippen LogP contribution in [0.1, 0.15) is 17.4 Å². The maximum absolute atomic E-state index is 13.9. The van der Waals surface area contributed by atoms with Crippen molar-refractivity contribution < 1.29 is 14.0 Å². The van der Waals surface area contributed by atoms with E-state index in [2.05, 4.69) is 10.6 Å². The van der Waals surface area contributed by atoms with E-state index >= 15 is 0 Å². The number of hydrogen-bond donors (Lipinski definition) is 2. The number of anilines is 2. The van der Waals surface area contributed by atoms with Crippen molar-refractivity contribution >= 4 is 40.6 Å². The molecule has 0 saturated heterocycles. The van der Waals surface area contributed by atoms with Crippen LogP contribution in [0.5, 0.6) is 0 Å². The van der Waals surface area contributed by atoms with E-state index in [9.17, 15) is 14.0 Å². The normalized spacial score (nSPS) is 10.8. The van der Waals surface area contributed by atoms with Gasteiger partial charge in [0, 0.05) is 39.7 Å². The predicted octanol–water partition coefficient (Wildman–Crippen LogP) is 5.47. The zero-order valence-corrected chi connectivity index (χ0v) is 16.3. The molecule has 0 spiro atoms. The number of halogens is 1. The molecule has 1 aromatic heterocycles. The van der Waals surface area contributed by atoms with Gasteiger partial charge in [-0.25, -0.2) is 4.39 Å². The number of nitrogens with one attached hydrogen (secondary N) is 2. The summed E-state index contributed by atoms with van der Waals surface area (Å²) in [7, 11) is 0. The summed E-state index contributed by atoms with van der Waals surface area (Å²) in [4.78, 5) is 25.2. The number of carbonyl (C=O) groups excluding carboxylic acids is 2. The number of amides is 2. The Hall–Kier alpha value is -3.25. The first kappa shape index (κ1) is 19.5. The Morgan fingerprint density at radius 1 is 0.964 bits per heavy atom. The summed E-state index contributed by atoms with van der Waals surface area (Å²) in [5.74, 6) is -0.731. The molecule has 2 aromatic carbocycles. The van der Waals surface area contributed by atoms with E-state index in [1.54, 1.807) is 42.5 Å². The molecule has 6 heteroatoms. The van der Waals surface area contributed by atoms with Crippen molar-refractivity contribution in [1.29, 1.82) is 0 Å². The Morgan fingerprint density at radius 2 is 1.68 bits per heavy atom. The first-order chi connectivity index (χ1) is 13.4. The van der Waals surface area contributed by atoms with Gasteiger partial charge in [-0.2, -0.15) is 0 Å². The van der Waals surface area contributed by atoms with E-state index < -0.39 is 0 Å². The van der Waals surface area contributed by atoms with Crippen molar-refractivity contribution in [1.82, 2.24) is 0 Å². The maximum Gasteiger partial charge on any atom is 0.248 e. The van der Waals surface area contributed by atoms with Gasteiger partial charge in [0.05, 0.1) is 0 Å². The summed E-state index contributed by atoms with van der Waals surface area (Å²) in [6.07, 6.45) is 3.12. The molecule has 2 N–H and O–H groups in total. The molecule has 0 aliphatic rings. The van der Waals surface area contributed by atoms with Gasteiger partial charge in [-0.1, -0.05) is 24.3 Å². The van der Waals surface area contributed by atoms with Gasteiger partial charge in [0.15, 0.2) is 0 Å². The van der Waals surface area contributed by atoms with E-state index in [0.717, 1.165) is 15.3 Å². The maximum atomic E-state index is 13.9. The molecule has 0 atom stereocenters. The van der Waals surface area contributed by atoms with Gasteiger partial charge in [-0.15, -0.1) is 11.3 Å². The number of carbonyl (C=O) groups is 2. The SMILES string of the molecule is CC(=O)Nc1cccc(NC(=O)/C=C/c2ccc(-c3ccccc3F)s2)c1C. The fourth-order valence-corrected chi connectivity index (χ4v) is 3.61. The van der Waals surface area contributed by atoms with Crippen molar-refractivity contribution in [2.45, 2.75) is 13.8 Å². The Bertz CT molecular complexity index is 1060. The van der Waals surface area contributed by atoms with Gasteiger partial charge in [-0.3, -0.25) is 9.59 Å². The van der Waals surface area contributed by atoms with Crippen LogP contribution in [0.15, 0.2) is 60.7 Å². The summed E-state index contributed by atoms with van der Waals surface area (Å²) in [6, 6.07) is 15.6. The van der Waals surface area contributed by atoms with E-state index in [0.29, 0.717) is 16.9 Å². The van der Waals surface area contributed by atoms with Gasteiger partial charge in [0.1, 0.15) is 5.82 Å². The van der Waals surface area contributed by atoms with E-state index in [4.69, 9.17) is 0 Å². The molecule has 142 valence electrons. The van der Waals surface area contributed by atoms with Gasteiger partial charge in [0.25, 0.3) is 0 Å². The zero-order chi connectivity index (χ0) is 20.1. The second-order valence-electron chi connectivity index (χ2n) is 6.16. The summed E-state index contributed by atoms with van der Waals surface area (Å²) in [5, 5.41) is 5.54. The van der Waals surface area contributed by atoms with E-state index in [1.165, 1.54) is 30.4 Å². The molecule has 0 fully saturated rings. The van der Waals surface area contributed by atoms with Crippen molar-refractivity contribution in [2.75, 3.05) is 10.6 Å². The molecular formula is C22H19FN2O2S. The highest BCUT2D eigenvalue weighted by atomic mass is 32.1. The third-order valence-corrected chi connectivity index (χ3v) is 5.15. The second kappa shape index (κ2) is 8.63. The third-order valence-electron chi connectivity index (χ3n) is 4.07. The highest BCUT2D eigenvalue weighted by molar-refractivity contribution is 7.16. The quantitative estimate of drug-likeness (QED) is 0.564. The van der Waals surface area contributed by atoms with E-state index in [-0.39, 0.29) is 17.6 Å². The average molecular weight is 394 g/mol. The lowest BCUT2D eigenvalue weighted by Gasteiger charge is -2.11. The monoisotopic (exact) mass is 394 g/mol. The number of hydrogen-bond acceptors (Lipinski definition) is 3. The molecule has 0 radical (unpaired) electrons. The number of thiophene rings is 1. The molecule has 3 rings (SSSR count). The van der Waals surface area contributed by atoms with E-state index in [1.807, 2.05) is 19.1 Å². The summed E-state index contributed by atoms with van der Waals surface area (Å²) in [5.41, 5.74) is 2.60. The molecule has 1 heterocycles. The van der Waals surface area contributed by atoms with Crippen LogP contribution in [0.2, 0.25) is 0 Å². The minimum absolute atomic E-state index is 0.171. The molecule has 28 heavy (non-hydrogen) atoms. The first-order valence-electron chi connectivity index (χ1n) is 8.65. The topological polar surface area (TPSA) is 58.2 Å². The van der Waals surface area contributed by atoms with Gasteiger partial charge < -0.3 is 10.6 Å². The smallest absolute Gasteiger partial charge is 0.248 e. The molecule has 0 aliphatic carbocycles. The van der Waals surface area contributed by atoms with Gasteiger partial charge in [-0.05, 0) is 48.9 Å². The molecule has 3 aromatic rings. The molecular weight excluding hydrogens is 375 g/mol. The lowest BCUT2D eigenvalue weighted by molar-refractivity contribution is -0.114. The molecule has 0 aliphatic heterocycles. The van der Waals surface area contributed by atoms with Crippen LogP contribution in [0.4, 0.5) is 15.8 Å². The Kier molecular flexibility index (Phi) is 6.01. The highest BCUT2D eigenvalue weighted by Crippen LogP contribution is 2.30. The Morgan fingerprint density at radius 3 is 2.39 bits per heavy atom. The summed E-state index contributed by atoms with van der Waals surface area (Å²) >= 11 is 1.41. The first-order valence-corrected chi connectivity index (χ1v) is 9.46. The summed E-state index contributed by atoms with van der Waals surface area (Å²) in [6.45, 7) is 3.26. The zero-order valence-electron chi connectivity index (χ0n) is 15.5. The lowest BCUT2D eigenvalue weighted by atomic mass is 10.1. The standard InChI is InChI=1S/C22H19FN2O2S/c1-14-19(24-15(2)26)8-5-9-20(14)25-22(27)13-11-16-10-12-21(28-16)17-6-3-4-7-18(17)23/h3-13H,1-2H3,(H,24,26)(H,25,27)/b13-11+. The van der Waals surface area contributed by atoms with Gasteiger partial charge >= 0.3 is 0 Å². The summed E-state index contributed by atoms with van der Waals surface area (Å²) < 4.78 is 13.9. The molecule has 0 saturated carbocycles. The minimum Gasteiger partial charge on any atom is -0.326 e. The van der Waals surface area contributed by atoms with Crippen LogP contribution < -0.4 is 10.6 Å². The van der Waals surface area contributed by atoms with Crippen molar-refractivity contribution in [3.8, 4) is 10.4 Å².